The Morgan fingerprint density at radius 3 is 2.42 bits per heavy atom. The maximum atomic E-state index is 13.7. The Hall–Kier alpha value is -3.53. The van der Waals surface area contributed by atoms with E-state index < -0.39 is 29.4 Å². The van der Waals surface area contributed by atoms with Crippen molar-refractivity contribution < 1.29 is 33.0 Å². The first kappa shape index (κ1) is 22.2. The fourth-order valence-corrected chi connectivity index (χ4v) is 3.74. The molecule has 0 saturated carbocycles. The second-order valence-electron chi connectivity index (χ2n) is 6.22. The van der Waals surface area contributed by atoms with Gasteiger partial charge in [0.1, 0.15) is 12.4 Å². The van der Waals surface area contributed by atoms with E-state index in [-0.39, 0.29) is 10.6 Å². The monoisotopic (exact) mass is 446 g/mol. The van der Waals surface area contributed by atoms with Crippen LogP contribution in [0.3, 0.4) is 0 Å². The lowest BCUT2D eigenvalue weighted by Crippen LogP contribution is -2.36. The quantitative estimate of drug-likeness (QED) is 0.651. The molecular weight excluding hydrogens is 427 g/mol. The van der Waals surface area contributed by atoms with Gasteiger partial charge < -0.3 is 19.5 Å². The molecule has 0 bridgehead atoms. The molecule has 3 amide bonds. The van der Waals surface area contributed by atoms with Gasteiger partial charge >= 0.3 is 0 Å². The van der Waals surface area contributed by atoms with Crippen molar-refractivity contribution in [3.05, 3.63) is 52.7 Å². The van der Waals surface area contributed by atoms with Crippen LogP contribution in [0.1, 0.15) is 5.56 Å². The third kappa shape index (κ3) is 4.64. The van der Waals surface area contributed by atoms with Gasteiger partial charge in [-0.1, -0.05) is 12.1 Å². The maximum Gasteiger partial charge on any atom is 0.294 e. The number of rotatable bonds is 7. The summed E-state index contributed by atoms with van der Waals surface area (Å²) in [5.41, 5.74) is 0.450. The van der Waals surface area contributed by atoms with Crippen molar-refractivity contribution in [3.63, 3.8) is 0 Å². The first-order chi connectivity index (χ1) is 14.9. The van der Waals surface area contributed by atoms with Gasteiger partial charge in [-0.2, -0.15) is 0 Å². The van der Waals surface area contributed by atoms with Crippen LogP contribution < -0.4 is 19.5 Å². The van der Waals surface area contributed by atoms with E-state index in [0.29, 0.717) is 34.6 Å². The van der Waals surface area contributed by atoms with Crippen molar-refractivity contribution >= 4 is 40.6 Å². The topological polar surface area (TPSA) is 94.2 Å². The predicted molar refractivity (Wildman–Crippen MR) is 114 cm³/mol. The Morgan fingerprint density at radius 1 is 1.06 bits per heavy atom. The summed E-state index contributed by atoms with van der Waals surface area (Å²) >= 11 is 0.688. The SMILES string of the molecule is COc1ccc(/C=C2\SC(=O)N(CC(=O)Nc3ccccc3F)C2=O)c(OC)c1OC. The van der Waals surface area contributed by atoms with Gasteiger partial charge in [0, 0.05) is 5.56 Å². The molecule has 0 spiro atoms. The summed E-state index contributed by atoms with van der Waals surface area (Å²) in [5.74, 6) is -0.860. The number of carbonyl (C=O) groups is 3. The van der Waals surface area contributed by atoms with Crippen molar-refractivity contribution in [3.8, 4) is 17.2 Å². The molecule has 1 saturated heterocycles. The second kappa shape index (κ2) is 9.52. The first-order valence-electron chi connectivity index (χ1n) is 8.98. The third-order valence-electron chi connectivity index (χ3n) is 4.34. The van der Waals surface area contributed by atoms with Gasteiger partial charge in [-0.15, -0.1) is 0 Å². The summed E-state index contributed by atoms with van der Waals surface area (Å²) in [5, 5.41) is 1.74. The van der Waals surface area contributed by atoms with Gasteiger partial charge in [0.15, 0.2) is 11.5 Å². The smallest absolute Gasteiger partial charge is 0.294 e. The third-order valence-corrected chi connectivity index (χ3v) is 5.25. The number of hydrogen-bond acceptors (Lipinski definition) is 7. The van der Waals surface area contributed by atoms with Crippen LogP contribution in [0.25, 0.3) is 6.08 Å². The standard InChI is InChI=1S/C21H19FN2O6S/c1-28-15-9-8-12(18(29-2)19(15)30-3)10-16-20(26)24(21(27)31-16)11-17(25)23-14-7-5-4-6-13(14)22/h4-10H,11H2,1-3H3,(H,23,25)/b16-10-. The van der Waals surface area contributed by atoms with E-state index in [1.807, 2.05) is 0 Å². The number of nitrogens with zero attached hydrogens (tertiary/aromatic N) is 1. The zero-order valence-electron chi connectivity index (χ0n) is 16.9. The zero-order valence-corrected chi connectivity index (χ0v) is 17.7. The van der Waals surface area contributed by atoms with Gasteiger partial charge in [0.05, 0.1) is 31.9 Å². The number of nitrogens with one attached hydrogen (secondary N) is 1. The van der Waals surface area contributed by atoms with E-state index >= 15 is 0 Å². The largest absolute Gasteiger partial charge is 0.493 e. The Balaban J connectivity index is 1.81. The summed E-state index contributed by atoms with van der Waals surface area (Å²) in [6.45, 7) is -0.542. The van der Waals surface area contributed by atoms with Crippen LogP contribution in [0.5, 0.6) is 17.2 Å². The van der Waals surface area contributed by atoms with Gasteiger partial charge in [-0.25, -0.2) is 4.39 Å². The molecule has 162 valence electrons. The van der Waals surface area contributed by atoms with E-state index in [1.54, 1.807) is 18.2 Å². The average molecular weight is 446 g/mol. The molecular formula is C21H19FN2O6S. The average Bonchev–Trinajstić information content (AvgIpc) is 3.02. The molecule has 10 heteroatoms. The highest BCUT2D eigenvalue weighted by molar-refractivity contribution is 8.18. The van der Waals surface area contributed by atoms with Crippen molar-refractivity contribution in [1.29, 1.82) is 0 Å². The summed E-state index contributed by atoms with van der Waals surface area (Å²) in [4.78, 5) is 38.2. The molecule has 8 nitrogen and oxygen atoms in total. The van der Waals surface area contributed by atoms with Crippen LogP contribution in [0, 0.1) is 5.82 Å². The summed E-state index contributed by atoms with van der Waals surface area (Å²) in [6.07, 6.45) is 1.47. The number of carbonyl (C=O) groups excluding carboxylic acids is 3. The maximum absolute atomic E-state index is 13.7. The summed E-state index contributed by atoms with van der Waals surface area (Å²) in [6, 6.07) is 8.89. The minimum atomic E-state index is -0.697. The van der Waals surface area contributed by atoms with E-state index in [9.17, 15) is 18.8 Å². The molecule has 0 unspecified atom stereocenters. The number of anilines is 1. The number of ether oxygens (including phenoxy) is 3. The highest BCUT2D eigenvalue weighted by Crippen LogP contribution is 2.42. The Bertz CT molecular complexity index is 1070. The molecule has 1 aliphatic heterocycles. The Morgan fingerprint density at radius 2 is 1.77 bits per heavy atom. The van der Waals surface area contributed by atoms with Gasteiger partial charge in [0.2, 0.25) is 11.7 Å². The fraction of sp³-hybridized carbons (Fsp3) is 0.190. The molecule has 0 aromatic heterocycles. The lowest BCUT2D eigenvalue weighted by Gasteiger charge is -2.14. The number of amides is 3. The lowest BCUT2D eigenvalue weighted by molar-refractivity contribution is -0.127. The highest BCUT2D eigenvalue weighted by atomic mass is 32.2. The van der Waals surface area contributed by atoms with E-state index in [2.05, 4.69) is 5.32 Å². The summed E-state index contributed by atoms with van der Waals surface area (Å²) in [7, 11) is 4.37. The van der Waals surface area contributed by atoms with Crippen molar-refractivity contribution in [2.24, 2.45) is 0 Å². The number of halogens is 1. The minimum absolute atomic E-state index is 0.0370. The van der Waals surface area contributed by atoms with Crippen LogP contribution in [-0.2, 0) is 9.59 Å². The molecule has 1 heterocycles. The van der Waals surface area contributed by atoms with E-state index in [1.165, 1.54) is 45.6 Å². The van der Waals surface area contributed by atoms with Crippen molar-refractivity contribution in [1.82, 2.24) is 4.90 Å². The van der Waals surface area contributed by atoms with Gasteiger partial charge in [0.25, 0.3) is 11.1 Å². The number of thioether (sulfide) groups is 1. The Kier molecular flexibility index (Phi) is 6.81. The number of imide groups is 1. The zero-order chi connectivity index (χ0) is 22.5. The summed E-state index contributed by atoms with van der Waals surface area (Å²) < 4.78 is 29.6. The van der Waals surface area contributed by atoms with Crippen LogP contribution in [-0.4, -0.2) is 49.8 Å². The number of para-hydroxylation sites is 1. The fourth-order valence-electron chi connectivity index (χ4n) is 2.91. The van der Waals surface area contributed by atoms with Crippen LogP contribution in [0.4, 0.5) is 14.9 Å². The van der Waals surface area contributed by atoms with Crippen molar-refractivity contribution in [2.75, 3.05) is 33.2 Å². The van der Waals surface area contributed by atoms with Crippen LogP contribution >= 0.6 is 11.8 Å². The highest BCUT2D eigenvalue weighted by Gasteiger charge is 2.36. The molecule has 0 atom stereocenters. The normalized spacial score (nSPS) is 14.7. The molecule has 1 aliphatic rings. The number of hydrogen-bond donors (Lipinski definition) is 1. The van der Waals surface area contributed by atoms with Crippen LogP contribution in [0.15, 0.2) is 41.3 Å². The Labute approximate surface area is 182 Å². The molecule has 2 aromatic rings. The number of methoxy groups -OCH3 is 3. The molecule has 0 radical (unpaired) electrons. The van der Waals surface area contributed by atoms with Crippen LogP contribution in [0.2, 0.25) is 0 Å². The molecule has 1 N–H and O–H groups in total. The molecule has 0 aliphatic carbocycles. The predicted octanol–water partition coefficient (Wildman–Crippen LogP) is 3.53. The number of benzene rings is 2. The molecule has 31 heavy (non-hydrogen) atoms. The first-order valence-corrected chi connectivity index (χ1v) is 9.80. The molecule has 2 aromatic carbocycles. The van der Waals surface area contributed by atoms with Crippen molar-refractivity contribution in [2.45, 2.75) is 0 Å². The van der Waals surface area contributed by atoms with Gasteiger partial charge in [-0.3, -0.25) is 19.3 Å². The van der Waals surface area contributed by atoms with Gasteiger partial charge in [-0.05, 0) is 42.1 Å². The molecule has 1 fully saturated rings. The second-order valence-corrected chi connectivity index (χ2v) is 7.21. The lowest BCUT2D eigenvalue weighted by atomic mass is 10.1. The minimum Gasteiger partial charge on any atom is -0.493 e. The molecule has 3 rings (SSSR count). The van der Waals surface area contributed by atoms with E-state index in [0.717, 1.165) is 4.90 Å². The van der Waals surface area contributed by atoms with E-state index in [4.69, 9.17) is 14.2 Å².